The summed E-state index contributed by atoms with van der Waals surface area (Å²) < 4.78 is 0. The van der Waals surface area contributed by atoms with Gasteiger partial charge in [0, 0.05) is 5.41 Å². The Morgan fingerprint density at radius 3 is 1.19 bits per heavy atom. The van der Waals surface area contributed by atoms with Gasteiger partial charge < -0.3 is 5.11 Å². The lowest BCUT2D eigenvalue weighted by Crippen LogP contribution is -2.49. The van der Waals surface area contributed by atoms with Crippen molar-refractivity contribution < 1.29 is 5.11 Å². The standard InChI is InChI=1S/C20H34O/c1-10-19(11-15(2)3,12-16(4)5)20(21,13-17(6)7)14-18(8)9/h21H,2,4,6,8,10-14H2,1,3,5,7,9H3. The minimum absolute atomic E-state index is 0.261. The summed E-state index contributed by atoms with van der Waals surface area (Å²) in [5.41, 5.74) is 3.08. The Labute approximate surface area is 132 Å². The fourth-order valence-corrected chi connectivity index (χ4v) is 3.56. The van der Waals surface area contributed by atoms with E-state index in [0.29, 0.717) is 12.8 Å². The molecule has 0 saturated carbocycles. The van der Waals surface area contributed by atoms with E-state index in [1.807, 2.05) is 27.7 Å². The molecule has 120 valence electrons. The Hall–Kier alpha value is -1.08. The van der Waals surface area contributed by atoms with Gasteiger partial charge in [0.15, 0.2) is 0 Å². The van der Waals surface area contributed by atoms with E-state index in [2.05, 4.69) is 33.2 Å². The van der Waals surface area contributed by atoms with E-state index in [1.54, 1.807) is 0 Å². The minimum Gasteiger partial charge on any atom is -0.389 e. The molecule has 0 saturated heterocycles. The van der Waals surface area contributed by atoms with Crippen molar-refractivity contribution in [2.24, 2.45) is 5.41 Å². The lowest BCUT2D eigenvalue weighted by Gasteiger charge is -2.49. The average Bonchev–Trinajstić information content (AvgIpc) is 2.23. The van der Waals surface area contributed by atoms with Crippen molar-refractivity contribution in [2.75, 3.05) is 0 Å². The zero-order valence-corrected chi connectivity index (χ0v) is 14.8. The Balaban J connectivity index is 5.94. The van der Waals surface area contributed by atoms with Crippen LogP contribution in [0.1, 0.15) is 66.7 Å². The molecule has 0 aromatic carbocycles. The highest BCUT2D eigenvalue weighted by Crippen LogP contribution is 2.50. The molecule has 1 heteroatoms. The van der Waals surface area contributed by atoms with Gasteiger partial charge in [-0.1, -0.05) is 29.2 Å². The molecule has 21 heavy (non-hydrogen) atoms. The van der Waals surface area contributed by atoms with Gasteiger partial charge in [-0.05, 0) is 59.8 Å². The molecule has 0 spiro atoms. The number of aliphatic hydroxyl groups is 1. The van der Waals surface area contributed by atoms with E-state index in [4.69, 9.17) is 0 Å². The van der Waals surface area contributed by atoms with Gasteiger partial charge in [-0.15, -0.1) is 26.3 Å². The van der Waals surface area contributed by atoms with Crippen LogP contribution < -0.4 is 0 Å². The van der Waals surface area contributed by atoms with Gasteiger partial charge >= 0.3 is 0 Å². The molecule has 0 aromatic heterocycles. The zero-order valence-electron chi connectivity index (χ0n) is 14.8. The van der Waals surface area contributed by atoms with Gasteiger partial charge in [0.25, 0.3) is 0 Å². The van der Waals surface area contributed by atoms with Crippen LogP contribution in [0.3, 0.4) is 0 Å². The van der Waals surface area contributed by atoms with Crippen LogP contribution in [0.2, 0.25) is 0 Å². The molecular formula is C20H34O. The summed E-state index contributed by atoms with van der Waals surface area (Å²) in [6.45, 7) is 26.4. The molecular weight excluding hydrogens is 256 g/mol. The first kappa shape index (κ1) is 19.9. The van der Waals surface area contributed by atoms with Crippen LogP contribution in [-0.4, -0.2) is 10.7 Å². The maximum atomic E-state index is 11.6. The smallest absolute Gasteiger partial charge is 0.0783 e. The predicted molar refractivity (Wildman–Crippen MR) is 95.4 cm³/mol. The molecule has 0 aromatic rings. The molecule has 0 heterocycles. The quantitative estimate of drug-likeness (QED) is 0.491. The highest BCUT2D eigenvalue weighted by Gasteiger charge is 2.48. The normalized spacial score (nSPS) is 12.1. The third kappa shape index (κ3) is 5.67. The molecule has 1 nitrogen and oxygen atoms in total. The van der Waals surface area contributed by atoms with E-state index in [0.717, 1.165) is 41.6 Å². The minimum atomic E-state index is -0.850. The third-order valence-electron chi connectivity index (χ3n) is 4.13. The molecule has 0 unspecified atom stereocenters. The Morgan fingerprint density at radius 1 is 0.714 bits per heavy atom. The van der Waals surface area contributed by atoms with Gasteiger partial charge in [-0.25, -0.2) is 0 Å². The first-order chi connectivity index (χ1) is 9.48. The second kappa shape index (κ2) is 7.79. The largest absolute Gasteiger partial charge is 0.389 e. The number of allylic oxidation sites excluding steroid dienone is 2. The molecule has 0 amide bonds. The fourth-order valence-electron chi connectivity index (χ4n) is 3.56. The summed E-state index contributed by atoms with van der Waals surface area (Å²) in [4.78, 5) is 0. The van der Waals surface area contributed by atoms with Gasteiger partial charge in [-0.2, -0.15) is 0 Å². The molecule has 0 aliphatic heterocycles. The molecule has 1 N–H and O–H groups in total. The molecule has 0 atom stereocenters. The third-order valence-corrected chi connectivity index (χ3v) is 4.13. The Morgan fingerprint density at radius 2 is 1.00 bits per heavy atom. The van der Waals surface area contributed by atoms with Crippen molar-refractivity contribution >= 4 is 0 Å². The van der Waals surface area contributed by atoms with E-state index in [9.17, 15) is 5.11 Å². The zero-order chi connectivity index (χ0) is 16.8. The molecule has 0 radical (unpaired) electrons. The predicted octanol–water partition coefficient (Wildman–Crippen LogP) is 5.98. The summed E-state index contributed by atoms with van der Waals surface area (Å²) in [5, 5.41) is 11.6. The van der Waals surface area contributed by atoms with Crippen LogP contribution in [-0.2, 0) is 0 Å². The second-order valence-corrected chi connectivity index (χ2v) is 7.20. The van der Waals surface area contributed by atoms with Crippen LogP contribution in [0.4, 0.5) is 0 Å². The lowest BCUT2D eigenvalue weighted by atomic mass is 9.60. The molecule has 0 bridgehead atoms. The molecule has 0 aliphatic rings. The summed E-state index contributed by atoms with van der Waals surface area (Å²) in [7, 11) is 0. The van der Waals surface area contributed by atoms with Crippen molar-refractivity contribution in [3.63, 3.8) is 0 Å². The molecule has 0 aliphatic carbocycles. The van der Waals surface area contributed by atoms with E-state index in [-0.39, 0.29) is 5.41 Å². The highest BCUT2D eigenvalue weighted by molar-refractivity contribution is 5.17. The van der Waals surface area contributed by atoms with Crippen LogP contribution in [0.5, 0.6) is 0 Å². The summed E-state index contributed by atoms with van der Waals surface area (Å²) >= 11 is 0. The topological polar surface area (TPSA) is 20.2 Å². The van der Waals surface area contributed by atoms with Crippen molar-refractivity contribution in [3.05, 3.63) is 48.6 Å². The van der Waals surface area contributed by atoms with Gasteiger partial charge in [-0.3, -0.25) is 0 Å². The SMILES string of the molecule is C=C(C)CC(O)(CC(=C)C)C(CC)(CC(=C)C)CC(=C)C. The van der Waals surface area contributed by atoms with Crippen LogP contribution in [0.15, 0.2) is 48.6 Å². The highest BCUT2D eigenvalue weighted by atomic mass is 16.3. The molecule has 0 rings (SSSR count). The Bertz CT molecular complexity index is 393. The van der Waals surface area contributed by atoms with Crippen molar-refractivity contribution in [2.45, 2.75) is 72.3 Å². The van der Waals surface area contributed by atoms with Crippen LogP contribution >= 0.6 is 0 Å². The van der Waals surface area contributed by atoms with Crippen molar-refractivity contribution in [1.82, 2.24) is 0 Å². The monoisotopic (exact) mass is 290 g/mol. The first-order valence-corrected chi connectivity index (χ1v) is 7.78. The van der Waals surface area contributed by atoms with E-state index >= 15 is 0 Å². The summed E-state index contributed by atoms with van der Waals surface area (Å²) in [6, 6.07) is 0. The second-order valence-electron chi connectivity index (χ2n) is 7.20. The fraction of sp³-hybridized carbons (Fsp3) is 0.600. The lowest BCUT2D eigenvalue weighted by molar-refractivity contribution is -0.0878. The number of hydrogen-bond acceptors (Lipinski definition) is 1. The summed E-state index contributed by atoms with van der Waals surface area (Å²) in [5.74, 6) is 0. The Kier molecular flexibility index (Phi) is 7.39. The van der Waals surface area contributed by atoms with E-state index < -0.39 is 5.60 Å². The van der Waals surface area contributed by atoms with Gasteiger partial charge in [0.05, 0.1) is 5.60 Å². The number of rotatable bonds is 10. The van der Waals surface area contributed by atoms with Crippen LogP contribution in [0.25, 0.3) is 0 Å². The number of hydrogen-bond donors (Lipinski definition) is 1. The maximum Gasteiger partial charge on any atom is 0.0783 e. The van der Waals surface area contributed by atoms with Gasteiger partial charge in [0.1, 0.15) is 0 Å². The average molecular weight is 290 g/mol. The first-order valence-electron chi connectivity index (χ1n) is 7.78. The summed E-state index contributed by atoms with van der Waals surface area (Å²) in [6.07, 6.45) is 3.66. The maximum absolute atomic E-state index is 11.6. The van der Waals surface area contributed by atoms with E-state index in [1.165, 1.54) is 0 Å². The van der Waals surface area contributed by atoms with Gasteiger partial charge in [0.2, 0.25) is 0 Å². The van der Waals surface area contributed by atoms with Crippen molar-refractivity contribution in [3.8, 4) is 0 Å². The molecule has 0 fully saturated rings. The van der Waals surface area contributed by atoms with Crippen LogP contribution in [0, 0.1) is 5.41 Å². The van der Waals surface area contributed by atoms with Crippen molar-refractivity contribution in [1.29, 1.82) is 0 Å².